The molecule has 1 atom stereocenters. The summed E-state index contributed by atoms with van der Waals surface area (Å²) in [6.45, 7) is 6.30. The van der Waals surface area contributed by atoms with Crippen molar-refractivity contribution in [3.63, 3.8) is 0 Å². The SMILES string of the molecule is CC=C(C)C(=O)OCCC(CC)CCO. The Morgan fingerprint density at radius 1 is 1.47 bits per heavy atom. The van der Waals surface area contributed by atoms with Gasteiger partial charge in [0.1, 0.15) is 0 Å². The summed E-state index contributed by atoms with van der Waals surface area (Å²) in [6, 6.07) is 0. The van der Waals surface area contributed by atoms with Gasteiger partial charge in [-0.3, -0.25) is 0 Å². The van der Waals surface area contributed by atoms with Crippen molar-refractivity contribution in [3.05, 3.63) is 11.6 Å². The highest BCUT2D eigenvalue weighted by molar-refractivity contribution is 5.87. The highest BCUT2D eigenvalue weighted by atomic mass is 16.5. The van der Waals surface area contributed by atoms with Crippen LogP contribution in [0.4, 0.5) is 0 Å². The zero-order chi connectivity index (χ0) is 11.7. The molecule has 0 heterocycles. The molecule has 0 fully saturated rings. The fraction of sp³-hybridized carbons (Fsp3) is 0.750. The normalized spacial score (nSPS) is 13.7. The molecule has 0 aliphatic heterocycles. The molecule has 3 nitrogen and oxygen atoms in total. The number of carbonyl (C=O) groups is 1. The number of allylic oxidation sites excluding steroid dienone is 1. The maximum atomic E-state index is 11.3. The Labute approximate surface area is 92.1 Å². The molecule has 0 spiro atoms. The average molecular weight is 214 g/mol. The first-order valence-electron chi connectivity index (χ1n) is 5.56. The third-order valence-electron chi connectivity index (χ3n) is 2.63. The lowest BCUT2D eigenvalue weighted by Crippen LogP contribution is -2.11. The van der Waals surface area contributed by atoms with Crippen molar-refractivity contribution in [2.45, 2.75) is 40.0 Å². The molecule has 0 aliphatic rings. The van der Waals surface area contributed by atoms with E-state index in [0.717, 1.165) is 19.3 Å². The lowest BCUT2D eigenvalue weighted by molar-refractivity contribution is -0.139. The van der Waals surface area contributed by atoms with E-state index in [1.54, 1.807) is 13.0 Å². The number of hydrogen-bond acceptors (Lipinski definition) is 3. The van der Waals surface area contributed by atoms with Crippen LogP contribution in [0.15, 0.2) is 11.6 Å². The lowest BCUT2D eigenvalue weighted by atomic mass is 10.00. The summed E-state index contributed by atoms with van der Waals surface area (Å²) in [7, 11) is 0. The van der Waals surface area contributed by atoms with E-state index < -0.39 is 0 Å². The second-order valence-electron chi connectivity index (χ2n) is 3.68. The maximum Gasteiger partial charge on any atom is 0.333 e. The van der Waals surface area contributed by atoms with Crippen molar-refractivity contribution in [2.24, 2.45) is 5.92 Å². The maximum absolute atomic E-state index is 11.3. The molecule has 0 saturated heterocycles. The Bertz CT molecular complexity index is 209. The van der Waals surface area contributed by atoms with Crippen LogP contribution in [0, 0.1) is 5.92 Å². The highest BCUT2D eigenvalue weighted by Crippen LogP contribution is 2.12. The predicted molar refractivity (Wildman–Crippen MR) is 60.5 cm³/mol. The second kappa shape index (κ2) is 8.48. The zero-order valence-corrected chi connectivity index (χ0v) is 9.95. The molecule has 0 aromatic carbocycles. The Hall–Kier alpha value is -0.830. The van der Waals surface area contributed by atoms with Crippen molar-refractivity contribution in [1.29, 1.82) is 0 Å². The molecule has 0 aliphatic carbocycles. The molecule has 0 aromatic rings. The first kappa shape index (κ1) is 14.2. The van der Waals surface area contributed by atoms with Gasteiger partial charge in [-0.15, -0.1) is 0 Å². The van der Waals surface area contributed by atoms with E-state index in [1.165, 1.54) is 0 Å². The van der Waals surface area contributed by atoms with Gasteiger partial charge in [-0.05, 0) is 32.6 Å². The predicted octanol–water partition coefficient (Wildman–Crippen LogP) is 2.29. The minimum absolute atomic E-state index is 0.209. The second-order valence-corrected chi connectivity index (χ2v) is 3.68. The third-order valence-corrected chi connectivity index (χ3v) is 2.63. The quantitative estimate of drug-likeness (QED) is 0.522. The summed E-state index contributed by atoms with van der Waals surface area (Å²) in [5.74, 6) is 0.213. The molecule has 0 amide bonds. The summed E-state index contributed by atoms with van der Waals surface area (Å²) >= 11 is 0. The number of aliphatic hydroxyl groups excluding tert-OH is 1. The van der Waals surface area contributed by atoms with Crippen molar-refractivity contribution >= 4 is 5.97 Å². The van der Waals surface area contributed by atoms with Crippen LogP contribution in [0.3, 0.4) is 0 Å². The first-order valence-corrected chi connectivity index (χ1v) is 5.56. The first-order chi connectivity index (χ1) is 7.15. The van der Waals surface area contributed by atoms with Gasteiger partial charge >= 0.3 is 5.97 Å². The van der Waals surface area contributed by atoms with Crippen molar-refractivity contribution in [1.82, 2.24) is 0 Å². The Morgan fingerprint density at radius 2 is 2.13 bits per heavy atom. The minimum Gasteiger partial charge on any atom is -0.462 e. The number of ether oxygens (including phenoxy) is 1. The molecule has 88 valence electrons. The van der Waals surface area contributed by atoms with Gasteiger partial charge in [-0.25, -0.2) is 4.79 Å². The minimum atomic E-state index is -0.239. The fourth-order valence-corrected chi connectivity index (χ4v) is 1.29. The Balaban J connectivity index is 3.72. The zero-order valence-electron chi connectivity index (χ0n) is 9.95. The topological polar surface area (TPSA) is 46.5 Å². The molecular weight excluding hydrogens is 192 g/mol. The van der Waals surface area contributed by atoms with E-state index in [4.69, 9.17) is 9.84 Å². The van der Waals surface area contributed by atoms with Crippen LogP contribution in [0.5, 0.6) is 0 Å². The number of carbonyl (C=O) groups excluding carboxylic acids is 1. The van der Waals surface area contributed by atoms with E-state index in [1.807, 2.05) is 6.92 Å². The molecule has 0 radical (unpaired) electrons. The summed E-state index contributed by atoms with van der Waals surface area (Å²) in [5.41, 5.74) is 0.644. The van der Waals surface area contributed by atoms with Gasteiger partial charge in [0, 0.05) is 12.2 Å². The number of esters is 1. The third kappa shape index (κ3) is 6.28. The molecule has 0 rings (SSSR count). The van der Waals surface area contributed by atoms with Crippen LogP contribution in [-0.4, -0.2) is 24.3 Å². The van der Waals surface area contributed by atoms with Gasteiger partial charge in [0.15, 0.2) is 0 Å². The van der Waals surface area contributed by atoms with Crippen LogP contribution >= 0.6 is 0 Å². The number of aliphatic hydroxyl groups is 1. The highest BCUT2D eigenvalue weighted by Gasteiger charge is 2.08. The van der Waals surface area contributed by atoms with Crippen LogP contribution in [0.2, 0.25) is 0 Å². The van der Waals surface area contributed by atoms with E-state index in [0.29, 0.717) is 18.1 Å². The lowest BCUT2D eigenvalue weighted by Gasteiger charge is -2.13. The molecule has 1 N–H and O–H groups in total. The monoisotopic (exact) mass is 214 g/mol. The van der Waals surface area contributed by atoms with Gasteiger partial charge in [0.2, 0.25) is 0 Å². The molecule has 15 heavy (non-hydrogen) atoms. The summed E-state index contributed by atoms with van der Waals surface area (Å²) in [6.07, 6.45) is 4.38. The summed E-state index contributed by atoms with van der Waals surface area (Å²) in [4.78, 5) is 11.3. The van der Waals surface area contributed by atoms with Crippen molar-refractivity contribution in [2.75, 3.05) is 13.2 Å². The molecule has 0 aromatic heterocycles. The number of hydrogen-bond donors (Lipinski definition) is 1. The van der Waals surface area contributed by atoms with E-state index in [2.05, 4.69) is 6.92 Å². The molecule has 1 unspecified atom stereocenters. The van der Waals surface area contributed by atoms with Gasteiger partial charge in [0.05, 0.1) is 6.61 Å². The smallest absolute Gasteiger partial charge is 0.333 e. The molecule has 3 heteroatoms. The van der Waals surface area contributed by atoms with Crippen LogP contribution in [0.25, 0.3) is 0 Å². The van der Waals surface area contributed by atoms with Gasteiger partial charge in [0.25, 0.3) is 0 Å². The van der Waals surface area contributed by atoms with Crippen LogP contribution in [-0.2, 0) is 9.53 Å². The average Bonchev–Trinajstić information content (AvgIpc) is 2.26. The van der Waals surface area contributed by atoms with E-state index in [-0.39, 0.29) is 12.6 Å². The summed E-state index contributed by atoms with van der Waals surface area (Å²) in [5, 5.41) is 8.79. The van der Waals surface area contributed by atoms with Crippen LogP contribution < -0.4 is 0 Å². The summed E-state index contributed by atoms with van der Waals surface area (Å²) < 4.78 is 5.08. The van der Waals surface area contributed by atoms with E-state index >= 15 is 0 Å². The van der Waals surface area contributed by atoms with Gasteiger partial charge < -0.3 is 9.84 Å². The standard InChI is InChI=1S/C12H22O3/c1-4-10(3)12(14)15-9-7-11(5-2)6-8-13/h4,11,13H,5-9H2,1-3H3. The number of rotatable bonds is 7. The molecule has 0 bridgehead atoms. The van der Waals surface area contributed by atoms with Gasteiger partial charge in [-0.2, -0.15) is 0 Å². The van der Waals surface area contributed by atoms with Crippen LogP contribution in [0.1, 0.15) is 40.0 Å². The van der Waals surface area contributed by atoms with Crippen molar-refractivity contribution < 1.29 is 14.6 Å². The molecule has 0 saturated carbocycles. The Kier molecular flexibility index (Phi) is 8.01. The molecular formula is C12H22O3. The van der Waals surface area contributed by atoms with Crippen molar-refractivity contribution in [3.8, 4) is 0 Å². The van der Waals surface area contributed by atoms with Gasteiger partial charge in [-0.1, -0.05) is 19.4 Å². The fourth-order valence-electron chi connectivity index (χ4n) is 1.29. The Morgan fingerprint density at radius 3 is 2.60 bits per heavy atom. The van der Waals surface area contributed by atoms with E-state index in [9.17, 15) is 4.79 Å². The largest absolute Gasteiger partial charge is 0.462 e.